The van der Waals surface area contributed by atoms with E-state index >= 15 is 0 Å². The van der Waals surface area contributed by atoms with E-state index in [1.54, 1.807) is 13.8 Å². The van der Waals surface area contributed by atoms with Crippen LogP contribution >= 0.6 is 11.6 Å². The van der Waals surface area contributed by atoms with Crippen LogP contribution < -0.4 is 10.2 Å². The minimum atomic E-state index is -3.86. The standard InChI is InChI=1S/C10H13ClN2O5S/c1-10(2)5-8(13-18-10)19(14,15)9(11)6-4-7(16-3)12-17-6/h4-5,9,13H,1-3H3. The van der Waals surface area contributed by atoms with E-state index in [-0.39, 0.29) is 16.7 Å². The van der Waals surface area contributed by atoms with Gasteiger partial charge in [0.1, 0.15) is 5.60 Å². The Morgan fingerprint density at radius 3 is 2.68 bits per heavy atom. The molecule has 0 fully saturated rings. The first-order valence-electron chi connectivity index (χ1n) is 5.32. The lowest BCUT2D eigenvalue weighted by molar-refractivity contribution is -0.0129. The maximum atomic E-state index is 12.2. The molecule has 0 aliphatic carbocycles. The van der Waals surface area contributed by atoms with Crippen LogP contribution in [-0.2, 0) is 14.7 Å². The lowest BCUT2D eigenvalue weighted by Gasteiger charge is -2.11. The van der Waals surface area contributed by atoms with Crippen molar-refractivity contribution in [2.75, 3.05) is 7.11 Å². The summed E-state index contributed by atoms with van der Waals surface area (Å²) in [6, 6.07) is 1.32. The Morgan fingerprint density at radius 1 is 1.53 bits per heavy atom. The Bertz CT molecular complexity index is 607. The maximum Gasteiger partial charge on any atom is 0.254 e. The summed E-state index contributed by atoms with van der Waals surface area (Å²) in [5.41, 5.74) is 1.63. The number of hydrogen-bond acceptors (Lipinski definition) is 7. The fraction of sp³-hybridized carbons (Fsp3) is 0.500. The van der Waals surface area contributed by atoms with Crippen LogP contribution in [0.1, 0.15) is 24.3 Å². The van der Waals surface area contributed by atoms with Gasteiger partial charge in [-0.25, -0.2) is 8.42 Å². The van der Waals surface area contributed by atoms with Crippen LogP contribution in [-0.4, -0.2) is 26.3 Å². The highest BCUT2D eigenvalue weighted by atomic mass is 35.5. The zero-order chi connectivity index (χ0) is 14.3. The molecule has 0 bridgehead atoms. The number of ether oxygens (including phenoxy) is 1. The normalized spacial score (nSPS) is 19.7. The second kappa shape index (κ2) is 4.69. The van der Waals surface area contributed by atoms with Crippen molar-refractivity contribution in [1.82, 2.24) is 10.6 Å². The van der Waals surface area contributed by atoms with Crippen molar-refractivity contribution in [2.45, 2.75) is 24.2 Å². The molecule has 106 valence electrons. The van der Waals surface area contributed by atoms with E-state index in [0.29, 0.717) is 0 Å². The van der Waals surface area contributed by atoms with Gasteiger partial charge in [0.25, 0.3) is 5.88 Å². The number of aromatic nitrogens is 1. The van der Waals surface area contributed by atoms with E-state index in [9.17, 15) is 8.42 Å². The Hall–Kier alpha value is -1.25. The number of alkyl halides is 1. The molecule has 2 heterocycles. The Kier molecular flexibility index (Phi) is 3.50. The number of nitrogens with zero attached hydrogens (tertiary/aromatic N) is 1. The van der Waals surface area contributed by atoms with E-state index < -0.39 is 20.1 Å². The number of nitrogens with one attached hydrogen (secondary N) is 1. The molecule has 0 radical (unpaired) electrons. The monoisotopic (exact) mass is 308 g/mol. The number of methoxy groups -OCH3 is 1. The summed E-state index contributed by atoms with van der Waals surface area (Å²) in [4.78, 5) is 5.10. The molecule has 2 rings (SSSR count). The van der Waals surface area contributed by atoms with Crippen LogP contribution in [0.2, 0.25) is 0 Å². The molecule has 1 aliphatic rings. The predicted octanol–water partition coefficient (Wildman–Crippen LogP) is 1.49. The summed E-state index contributed by atoms with van der Waals surface area (Å²) >= 11 is 5.93. The van der Waals surface area contributed by atoms with Crippen molar-refractivity contribution in [3.63, 3.8) is 0 Å². The smallest absolute Gasteiger partial charge is 0.254 e. The van der Waals surface area contributed by atoms with Crippen molar-refractivity contribution < 1.29 is 22.5 Å². The first-order chi connectivity index (χ1) is 8.76. The summed E-state index contributed by atoms with van der Waals surface area (Å²) in [5, 5.41) is 3.40. The molecule has 0 saturated heterocycles. The van der Waals surface area contributed by atoms with E-state index in [0.717, 1.165) is 0 Å². The quantitative estimate of drug-likeness (QED) is 0.843. The number of sulfone groups is 1. The first kappa shape index (κ1) is 14.2. The lowest BCUT2D eigenvalue weighted by Crippen LogP contribution is -2.23. The molecule has 0 amide bonds. The molecule has 7 nitrogen and oxygen atoms in total. The zero-order valence-electron chi connectivity index (χ0n) is 10.5. The van der Waals surface area contributed by atoms with Crippen molar-refractivity contribution in [2.24, 2.45) is 0 Å². The third-order valence-electron chi connectivity index (χ3n) is 2.41. The van der Waals surface area contributed by atoms with Gasteiger partial charge in [-0.05, 0) is 25.1 Å². The van der Waals surface area contributed by atoms with Gasteiger partial charge in [-0.1, -0.05) is 11.6 Å². The molecule has 19 heavy (non-hydrogen) atoms. The molecule has 0 aromatic carbocycles. The maximum absolute atomic E-state index is 12.2. The topological polar surface area (TPSA) is 90.7 Å². The number of halogens is 1. The van der Waals surface area contributed by atoms with Crippen LogP contribution in [0.4, 0.5) is 0 Å². The Morgan fingerprint density at radius 2 is 2.21 bits per heavy atom. The fourth-order valence-electron chi connectivity index (χ4n) is 1.44. The summed E-state index contributed by atoms with van der Waals surface area (Å²) in [6.45, 7) is 3.42. The second-order valence-corrected chi connectivity index (χ2v) is 7.15. The highest BCUT2D eigenvalue weighted by Crippen LogP contribution is 2.35. The van der Waals surface area contributed by atoms with Crippen molar-refractivity contribution in [1.29, 1.82) is 0 Å². The third kappa shape index (κ3) is 2.70. The van der Waals surface area contributed by atoms with Crippen molar-refractivity contribution in [3.05, 3.63) is 22.9 Å². The first-order valence-corrected chi connectivity index (χ1v) is 7.30. The van der Waals surface area contributed by atoms with E-state index in [1.165, 1.54) is 19.3 Å². The minimum absolute atomic E-state index is 0.0223. The van der Waals surface area contributed by atoms with Crippen molar-refractivity contribution >= 4 is 21.4 Å². The van der Waals surface area contributed by atoms with Gasteiger partial charge >= 0.3 is 0 Å². The van der Waals surface area contributed by atoms with Gasteiger partial charge in [0, 0.05) is 6.07 Å². The molecular weight excluding hydrogens is 296 g/mol. The summed E-state index contributed by atoms with van der Waals surface area (Å²) < 4.78 is 32.7. The number of hydrogen-bond donors (Lipinski definition) is 1. The summed E-state index contributed by atoms with van der Waals surface area (Å²) in [7, 11) is -2.47. The van der Waals surface area contributed by atoms with Crippen LogP contribution in [0, 0.1) is 0 Å². The fourth-order valence-corrected chi connectivity index (χ4v) is 3.07. The highest BCUT2D eigenvalue weighted by Gasteiger charge is 2.38. The highest BCUT2D eigenvalue weighted by molar-refractivity contribution is 7.96. The average Bonchev–Trinajstić information content (AvgIpc) is 2.94. The van der Waals surface area contributed by atoms with Gasteiger partial charge in [-0.2, -0.15) is 0 Å². The number of rotatable bonds is 4. The molecule has 1 aromatic heterocycles. The van der Waals surface area contributed by atoms with Gasteiger partial charge in [0.15, 0.2) is 10.8 Å². The van der Waals surface area contributed by atoms with Gasteiger partial charge in [0.2, 0.25) is 14.5 Å². The van der Waals surface area contributed by atoms with Crippen molar-refractivity contribution in [3.8, 4) is 5.88 Å². The van der Waals surface area contributed by atoms with Crippen LogP contribution in [0.5, 0.6) is 5.88 Å². The number of hydroxylamine groups is 1. The second-order valence-electron chi connectivity index (χ2n) is 4.45. The van der Waals surface area contributed by atoms with Crippen LogP contribution in [0.25, 0.3) is 0 Å². The van der Waals surface area contributed by atoms with E-state index in [1.807, 2.05) is 0 Å². The summed E-state index contributed by atoms with van der Waals surface area (Å²) in [5.74, 6) is 0.131. The van der Waals surface area contributed by atoms with Gasteiger partial charge in [-0.15, -0.1) is 0 Å². The molecule has 1 unspecified atom stereocenters. The SMILES string of the molecule is COc1cc(C(Cl)S(=O)(=O)C2=CC(C)(C)ON2)on1. The Labute approximate surface area is 115 Å². The average molecular weight is 309 g/mol. The molecule has 0 saturated carbocycles. The minimum Gasteiger partial charge on any atom is -0.479 e. The van der Waals surface area contributed by atoms with E-state index in [4.69, 9.17) is 25.7 Å². The summed E-state index contributed by atoms with van der Waals surface area (Å²) in [6.07, 6.45) is 1.44. The zero-order valence-corrected chi connectivity index (χ0v) is 12.1. The van der Waals surface area contributed by atoms with Crippen LogP contribution in [0.3, 0.4) is 0 Å². The molecule has 1 N–H and O–H groups in total. The van der Waals surface area contributed by atoms with E-state index in [2.05, 4.69) is 10.6 Å². The molecule has 1 atom stereocenters. The van der Waals surface area contributed by atoms with Gasteiger partial charge in [0.05, 0.1) is 7.11 Å². The molecule has 0 spiro atoms. The predicted molar refractivity (Wildman–Crippen MR) is 67.0 cm³/mol. The van der Waals surface area contributed by atoms with Gasteiger partial charge < -0.3 is 9.26 Å². The molecule has 1 aromatic rings. The van der Waals surface area contributed by atoms with Crippen LogP contribution in [0.15, 0.2) is 21.7 Å². The lowest BCUT2D eigenvalue weighted by atomic mass is 10.1. The molecule has 1 aliphatic heterocycles. The van der Waals surface area contributed by atoms with Gasteiger partial charge in [-0.3, -0.25) is 10.3 Å². The Balaban J connectivity index is 2.30. The largest absolute Gasteiger partial charge is 0.479 e. The molecule has 9 heteroatoms. The third-order valence-corrected chi connectivity index (χ3v) is 4.92. The molecular formula is C10H13ClN2O5S.